The van der Waals surface area contributed by atoms with Gasteiger partial charge in [0.05, 0.1) is 12.6 Å². The largest absolute Gasteiger partial charge is 0.387 e. The number of hydrogen-bond acceptors (Lipinski definition) is 3. The Hall–Kier alpha value is -1.46. The van der Waals surface area contributed by atoms with E-state index in [1.54, 1.807) is 26.2 Å². The fourth-order valence-electron chi connectivity index (χ4n) is 2.09. The molecule has 1 aromatic carbocycles. The van der Waals surface area contributed by atoms with E-state index in [0.717, 1.165) is 6.54 Å². The Labute approximate surface area is 126 Å². The standard InChI is InChI=1S/C16H25FN2O2/c1-12(2)9-19(11-16(21)18(3)4)10-15(20)13-5-7-14(17)8-6-13/h5-8,12,15,20H,9-11H2,1-4H3. The SMILES string of the molecule is CC(C)CN(CC(=O)N(C)C)CC(O)c1ccc(F)cc1. The molecule has 0 aliphatic carbocycles. The predicted octanol–water partition coefficient (Wildman–Crippen LogP) is 1.91. The van der Waals surface area contributed by atoms with Crippen molar-refractivity contribution in [3.05, 3.63) is 35.6 Å². The smallest absolute Gasteiger partial charge is 0.236 e. The zero-order valence-electron chi connectivity index (χ0n) is 13.2. The maximum atomic E-state index is 12.9. The van der Waals surface area contributed by atoms with E-state index < -0.39 is 6.10 Å². The Bertz CT molecular complexity index is 446. The summed E-state index contributed by atoms with van der Waals surface area (Å²) in [6.07, 6.45) is -0.737. The van der Waals surface area contributed by atoms with Crippen LogP contribution in [0, 0.1) is 11.7 Å². The number of carbonyl (C=O) groups excluding carboxylic acids is 1. The molecule has 21 heavy (non-hydrogen) atoms. The first kappa shape index (κ1) is 17.6. The van der Waals surface area contributed by atoms with Gasteiger partial charge in [0, 0.05) is 27.2 Å². The second kappa shape index (κ2) is 8.10. The molecule has 0 saturated heterocycles. The Morgan fingerprint density at radius 3 is 2.24 bits per heavy atom. The molecular weight excluding hydrogens is 271 g/mol. The average Bonchev–Trinajstić information content (AvgIpc) is 2.38. The van der Waals surface area contributed by atoms with Gasteiger partial charge < -0.3 is 10.0 Å². The molecule has 1 N–H and O–H groups in total. The van der Waals surface area contributed by atoms with Crippen LogP contribution in [-0.2, 0) is 4.79 Å². The zero-order valence-corrected chi connectivity index (χ0v) is 13.2. The van der Waals surface area contributed by atoms with Crippen molar-refractivity contribution < 1.29 is 14.3 Å². The third-order valence-electron chi connectivity index (χ3n) is 3.17. The molecule has 0 heterocycles. The van der Waals surface area contributed by atoms with Crippen LogP contribution in [0.1, 0.15) is 25.5 Å². The van der Waals surface area contributed by atoms with E-state index in [1.807, 2.05) is 4.90 Å². The van der Waals surface area contributed by atoms with Gasteiger partial charge in [-0.25, -0.2) is 4.39 Å². The maximum absolute atomic E-state index is 12.9. The summed E-state index contributed by atoms with van der Waals surface area (Å²) in [5.41, 5.74) is 0.655. The van der Waals surface area contributed by atoms with Gasteiger partial charge >= 0.3 is 0 Å². The van der Waals surface area contributed by atoms with Crippen LogP contribution in [0.2, 0.25) is 0 Å². The molecule has 0 aromatic heterocycles. The third-order valence-corrected chi connectivity index (χ3v) is 3.17. The number of halogens is 1. The van der Waals surface area contributed by atoms with Crippen LogP contribution in [0.25, 0.3) is 0 Å². The lowest BCUT2D eigenvalue weighted by molar-refractivity contribution is -0.130. The van der Waals surface area contributed by atoms with Crippen LogP contribution >= 0.6 is 0 Å². The zero-order chi connectivity index (χ0) is 16.0. The van der Waals surface area contributed by atoms with Crippen LogP contribution in [0.3, 0.4) is 0 Å². The second-order valence-electron chi connectivity index (χ2n) is 5.94. The molecule has 1 atom stereocenters. The van der Waals surface area contributed by atoms with Crippen molar-refractivity contribution >= 4 is 5.91 Å². The van der Waals surface area contributed by atoms with Crippen molar-refractivity contribution in [2.45, 2.75) is 20.0 Å². The molecule has 0 aliphatic heterocycles. The lowest BCUT2D eigenvalue weighted by atomic mass is 10.1. The summed E-state index contributed by atoms with van der Waals surface area (Å²) in [7, 11) is 3.43. The third kappa shape index (κ3) is 6.23. The number of likely N-dealkylation sites (N-methyl/N-ethyl adjacent to an activating group) is 1. The van der Waals surface area contributed by atoms with E-state index >= 15 is 0 Å². The van der Waals surface area contributed by atoms with E-state index in [4.69, 9.17) is 0 Å². The molecule has 0 fully saturated rings. The molecule has 0 spiro atoms. The van der Waals surface area contributed by atoms with Crippen LogP contribution in [0.5, 0.6) is 0 Å². The van der Waals surface area contributed by atoms with E-state index in [1.165, 1.54) is 17.0 Å². The number of carbonyl (C=O) groups is 1. The molecule has 4 nitrogen and oxygen atoms in total. The number of nitrogens with zero attached hydrogens (tertiary/aromatic N) is 2. The number of aliphatic hydroxyl groups is 1. The summed E-state index contributed by atoms with van der Waals surface area (Å²) >= 11 is 0. The highest BCUT2D eigenvalue weighted by Gasteiger charge is 2.18. The molecule has 0 radical (unpaired) electrons. The maximum Gasteiger partial charge on any atom is 0.236 e. The first-order valence-electron chi connectivity index (χ1n) is 7.15. The number of benzene rings is 1. The molecule has 0 saturated carbocycles. The van der Waals surface area contributed by atoms with Crippen molar-refractivity contribution in [2.75, 3.05) is 33.7 Å². The van der Waals surface area contributed by atoms with Gasteiger partial charge in [0.15, 0.2) is 0 Å². The molecule has 0 bridgehead atoms. The topological polar surface area (TPSA) is 43.8 Å². The Morgan fingerprint density at radius 1 is 1.19 bits per heavy atom. The molecular formula is C16H25FN2O2. The molecule has 1 unspecified atom stereocenters. The predicted molar refractivity (Wildman–Crippen MR) is 81.3 cm³/mol. The number of hydrogen-bond donors (Lipinski definition) is 1. The van der Waals surface area contributed by atoms with Gasteiger partial charge in [0.25, 0.3) is 0 Å². The highest BCUT2D eigenvalue weighted by Crippen LogP contribution is 2.15. The van der Waals surface area contributed by atoms with Crippen molar-refractivity contribution in [2.24, 2.45) is 5.92 Å². The molecule has 1 rings (SSSR count). The Morgan fingerprint density at radius 2 is 1.76 bits per heavy atom. The number of aliphatic hydroxyl groups excluding tert-OH is 1. The first-order valence-corrected chi connectivity index (χ1v) is 7.15. The Kier molecular flexibility index (Phi) is 6.78. The fourth-order valence-corrected chi connectivity index (χ4v) is 2.09. The van der Waals surface area contributed by atoms with E-state index in [-0.39, 0.29) is 18.3 Å². The van der Waals surface area contributed by atoms with Gasteiger partial charge in [0.1, 0.15) is 5.82 Å². The first-order chi connectivity index (χ1) is 9.79. The quantitative estimate of drug-likeness (QED) is 0.836. The van der Waals surface area contributed by atoms with E-state index in [0.29, 0.717) is 18.0 Å². The van der Waals surface area contributed by atoms with Gasteiger partial charge in [0.2, 0.25) is 5.91 Å². The van der Waals surface area contributed by atoms with Crippen LogP contribution in [0.4, 0.5) is 4.39 Å². The molecule has 1 amide bonds. The summed E-state index contributed by atoms with van der Waals surface area (Å²) in [4.78, 5) is 15.3. The van der Waals surface area contributed by atoms with Crippen LogP contribution in [0.15, 0.2) is 24.3 Å². The minimum absolute atomic E-state index is 0.00181. The summed E-state index contributed by atoms with van der Waals surface area (Å²) in [6, 6.07) is 5.80. The summed E-state index contributed by atoms with van der Waals surface area (Å²) in [6.45, 7) is 5.47. The van der Waals surface area contributed by atoms with Crippen molar-refractivity contribution in [1.82, 2.24) is 9.80 Å². The van der Waals surface area contributed by atoms with Crippen molar-refractivity contribution in [1.29, 1.82) is 0 Å². The monoisotopic (exact) mass is 296 g/mol. The van der Waals surface area contributed by atoms with Crippen LogP contribution in [-0.4, -0.2) is 54.5 Å². The van der Waals surface area contributed by atoms with E-state index in [2.05, 4.69) is 13.8 Å². The van der Waals surface area contributed by atoms with E-state index in [9.17, 15) is 14.3 Å². The number of rotatable bonds is 7. The molecule has 0 aliphatic rings. The summed E-state index contributed by atoms with van der Waals surface area (Å²) in [5, 5.41) is 10.3. The molecule has 118 valence electrons. The van der Waals surface area contributed by atoms with Gasteiger partial charge in [-0.1, -0.05) is 26.0 Å². The minimum Gasteiger partial charge on any atom is -0.387 e. The Balaban J connectivity index is 2.70. The minimum atomic E-state index is -0.737. The van der Waals surface area contributed by atoms with Crippen molar-refractivity contribution in [3.8, 4) is 0 Å². The summed E-state index contributed by atoms with van der Waals surface area (Å²) in [5.74, 6) is 0.0649. The second-order valence-corrected chi connectivity index (χ2v) is 5.94. The van der Waals surface area contributed by atoms with Gasteiger partial charge in [-0.2, -0.15) is 0 Å². The van der Waals surface area contributed by atoms with Gasteiger partial charge in [-0.15, -0.1) is 0 Å². The highest BCUT2D eigenvalue weighted by molar-refractivity contribution is 5.77. The van der Waals surface area contributed by atoms with Gasteiger partial charge in [-0.3, -0.25) is 9.69 Å². The lowest BCUT2D eigenvalue weighted by Gasteiger charge is -2.27. The van der Waals surface area contributed by atoms with Crippen LogP contribution < -0.4 is 0 Å². The lowest BCUT2D eigenvalue weighted by Crippen LogP contribution is -2.40. The highest BCUT2D eigenvalue weighted by atomic mass is 19.1. The normalized spacial score (nSPS) is 12.8. The molecule has 1 aromatic rings. The number of amides is 1. The van der Waals surface area contributed by atoms with Crippen molar-refractivity contribution in [3.63, 3.8) is 0 Å². The van der Waals surface area contributed by atoms with Gasteiger partial charge in [-0.05, 0) is 23.6 Å². The summed E-state index contributed by atoms with van der Waals surface area (Å²) < 4.78 is 12.9. The molecule has 5 heteroatoms. The fraction of sp³-hybridized carbons (Fsp3) is 0.562. The average molecular weight is 296 g/mol.